The third-order valence-corrected chi connectivity index (χ3v) is 1.92. The van der Waals surface area contributed by atoms with Gasteiger partial charge in [-0.3, -0.25) is 0 Å². The van der Waals surface area contributed by atoms with E-state index in [4.69, 9.17) is 5.73 Å². The van der Waals surface area contributed by atoms with E-state index in [1.54, 1.807) is 0 Å². The minimum absolute atomic E-state index is 0.403. The van der Waals surface area contributed by atoms with Gasteiger partial charge in [-0.1, -0.05) is 13.8 Å². The van der Waals surface area contributed by atoms with Crippen LogP contribution in [0.2, 0.25) is 0 Å². The third kappa shape index (κ3) is 6.19. The Balaban J connectivity index is 3.15. The van der Waals surface area contributed by atoms with Gasteiger partial charge < -0.3 is 5.73 Å². The lowest BCUT2D eigenvalue weighted by Crippen LogP contribution is -2.24. The molecule has 0 aliphatic carbocycles. The maximum absolute atomic E-state index is 5.76. The van der Waals surface area contributed by atoms with Crippen molar-refractivity contribution in [1.29, 1.82) is 0 Å². The first-order chi connectivity index (χ1) is 4.16. The molecule has 0 aliphatic heterocycles. The second-order valence-corrected chi connectivity index (χ2v) is 3.76. The van der Waals surface area contributed by atoms with Crippen LogP contribution in [0.5, 0.6) is 0 Å². The van der Waals surface area contributed by atoms with Gasteiger partial charge in [0.2, 0.25) is 0 Å². The Bertz CT molecular complexity index is 63.9. The molecule has 9 heavy (non-hydrogen) atoms. The third-order valence-electron chi connectivity index (χ3n) is 1.15. The van der Waals surface area contributed by atoms with Crippen LogP contribution in [0.25, 0.3) is 0 Å². The van der Waals surface area contributed by atoms with Crippen molar-refractivity contribution in [3.05, 3.63) is 0 Å². The zero-order valence-electron chi connectivity index (χ0n) is 6.55. The van der Waals surface area contributed by atoms with Gasteiger partial charge >= 0.3 is 0 Å². The molecule has 0 bridgehead atoms. The van der Waals surface area contributed by atoms with Crippen molar-refractivity contribution in [2.24, 2.45) is 11.7 Å². The fraction of sp³-hybridized carbons (Fsp3) is 1.00. The number of hydrogen-bond donors (Lipinski definition) is 1. The second-order valence-electron chi connectivity index (χ2n) is 2.84. The Morgan fingerprint density at radius 3 is 2.33 bits per heavy atom. The predicted octanol–water partition coefficient (Wildman–Crippen LogP) is 1.72. The molecule has 0 aliphatic rings. The van der Waals surface area contributed by atoms with Gasteiger partial charge in [0.25, 0.3) is 0 Å². The Hall–Kier alpha value is 0.310. The number of thioether (sulfide) groups is 1. The molecule has 0 heterocycles. The average molecular weight is 147 g/mol. The van der Waals surface area contributed by atoms with Crippen LogP contribution < -0.4 is 5.73 Å². The number of nitrogens with two attached hydrogens (primary N) is 1. The van der Waals surface area contributed by atoms with E-state index in [9.17, 15) is 0 Å². The molecule has 56 valence electrons. The molecule has 0 radical (unpaired) electrons. The zero-order chi connectivity index (χ0) is 7.28. The van der Waals surface area contributed by atoms with Crippen molar-refractivity contribution in [1.82, 2.24) is 0 Å². The quantitative estimate of drug-likeness (QED) is 0.655. The molecule has 0 amide bonds. The zero-order valence-corrected chi connectivity index (χ0v) is 7.37. The van der Waals surface area contributed by atoms with Gasteiger partial charge in [0.15, 0.2) is 0 Å². The van der Waals surface area contributed by atoms with Gasteiger partial charge in [0.1, 0.15) is 0 Å². The molecule has 2 N–H and O–H groups in total. The average Bonchev–Trinajstić information content (AvgIpc) is 1.63. The van der Waals surface area contributed by atoms with E-state index in [-0.39, 0.29) is 0 Å². The first kappa shape index (κ1) is 9.31. The summed E-state index contributed by atoms with van der Waals surface area (Å²) in [5, 5.41) is 0. The van der Waals surface area contributed by atoms with Crippen LogP contribution in [0.3, 0.4) is 0 Å². The summed E-state index contributed by atoms with van der Waals surface area (Å²) in [4.78, 5) is 0. The maximum atomic E-state index is 5.76. The monoisotopic (exact) mass is 147 g/mol. The molecule has 0 saturated carbocycles. The van der Waals surface area contributed by atoms with Crippen molar-refractivity contribution >= 4 is 11.8 Å². The smallest absolute Gasteiger partial charge is 0.0132 e. The van der Waals surface area contributed by atoms with Crippen molar-refractivity contribution < 1.29 is 0 Å². The standard InChI is InChI=1S/C7H17NS/c1-6(2)4-7(8)5-9-3/h6-7H,4-5,8H2,1-3H3/t7-/m0/s1. The highest BCUT2D eigenvalue weighted by molar-refractivity contribution is 7.98. The molecule has 0 aromatic carbocycles. The van der Waals surface area contributed by atoms with Crippen LogP contribution in [-0.2, 0) is 0 Å². The first-order valence-corrected chi connectivity index (χ1v) is 4.80. The summed E-state index contributed by atoms with van der Waals surface area (Å²) in [6.07, 6.45) is 3.25. The van der Waals surface area contributed by atoms with Crippen molar-refractivity contribution in [2.75, 3.05) is 12.0 Å². The van der Waals surface area contributed by atoms with Crippen LogP contribution in [0.15, 0.2) is 0 Å². The number of rotatable bonds is 4. The molecule has 2 heteroatoms. The van der Waals surface area contributed by atoms with E-state index in [2.05, 4.69) is 20.1 Å². The van der Waals surface area contributed by atoms with Crippen LogP contribution in [-0.4, -0.2) is 18.1 Å². The Morgan fingerprint density at radius 2 is 2.00 bits per heavy atom. The van der Waals surface area contributed by atoms with Crippen molar-refractivity contribution in [3.63, 3.8) is 0 Å². The molecular formula is C7H17NS. The highest BCUT2D eigenvalue weighted by Crippen LogP contribution is 2.05. The molecule has 0 fully saturated rings. The van der Waals surface area contributed by atoms with Crippen LogP contribution in [0.1, 0.15) is 20.3 Å². The molecule has 1 atom stereocenters. The fourth-order valence-electron chi connectivity index (χ4n) is 0.888. The molecule has 0 spiro atoms. The lowest BCUT2D eigenvalue weighted by Gasteiger charge is -2.11. The normalized spacial score (nSPS) is 14.3. The van der Waals surface area contributed by atoms with E-state index in [1.807, 2.05) is 11.8 Å². The summed E-state index contributed by atoms with van der Waals surface area (Å²) in [5.74, 6) is 1.84. The first-order valence-electron chi connectivity index (χ1n) is 3.41. The van der Waals surface area contributed by atoms with Gasteiger partial charge in [0, 0.05) is 11.8 Å². The Kier molecular flexibility index (Phi) is 5.30. The van der Waals surface area contributed by atoms with Gasteiger partial charge in [-0.05, 0) is 18.6 Å². The van der Waals surface area contributed by atoms with Crippen molar-refractivity contribution in [3.8, 4) is 0 Å². The van der Waals surface area contributed by atoms with E-state index in [0.29, 0.717) is 6.04 Å². The Morgan fingerprint density at radius 1 is 1.44 bits per heavy atom. The molecular weight excluding hydrogens is 130 g/mol. The molecule has 0 aromatic rings. The molecule has 1 nitrogen and oxygen atoms in total. The molecule has 0 aromatic heterocycles. The van der Waals surface area contributed by atoms with Gasteiger partial charge in [-0.2, -0.15) is 11.8 Å². The van der Waals surface area contributed by atoms with Gasteiger partial charge in [-0.15, -0.1) is 0 Å². The van der Waals surface area contributed by atoms with Gasteiger partial charge in [0.05, 0.1) is 0 Å². The lowest BCUT2D eigenvalue weighted by atomic mass is 10.1. The summed E-state index contributed by atoms with van der Waals surface area (Å²) in [5.41, 5.74) is 5.76. The SMILES string of the molecule is CSC[C@@H](N)CC(C)C. The van der Waals surface area contributed by atoms with Gasteiger partial charge in [-0.25, -0.2) is 0 Å². The summed E-state index contributed by atoms with van der Waals surface area (Å²) >= 11 is 1.83. The predicted molar refractivity (Wildman–Crippen MR) is 45.8 cm³/mol. The van der Waals surface area contributed by atoms with E-state index >= 15 is 0 Å². The topological polar surface area (TPSA) is 26.0 Å². The van der Waals surface area contributed by atoms with Crippen LogP contribution >= 0.6 is 11.8 Å². The highest BCUT2D eigenvalue weighted by atomic mass is 32.2. The molecule has 0 unspecified atom stereocenters. The minimum Gasteiger partial charge on any atom is -0.327 e. The summed E-state index contributed by atoms with van der Waals surface area (Å²) in [6, 6.07) is 0.403. The van der Waals surface area contributed by atoms with E-state index in [1.165, 1.54) is 0 Å². The van der Waals surface area contributed by atoms with Crippen LogP contribution in [0, 0.1) is 5.92 Å². The van der Waals surface area contributed by atoms with E-state index < -0.39 is 0 Å². The highest BCUT2D eigenvalue weighted by Gasteiger charge is 2.02. The number of hydrogen-bond acceptors (Lipinski definition) is 2. The largest absolute Gasteiger partial charge is 0.327 e. The maximum Gasteiger partial charge on any atom is 0.0132 e. The van der Waals surface area contributed by atoms with Crippen LogP contribution in [0.4, 0.5) is 0 Å². The van der Waals surface area contributed by atoms with Crippen molar-refractivity contribution in [2.45, 2.75) is 26.3 Å². The molecule has 0 saturated heterocycles. The molecule has 0 rings (SSSR count). The minimum atomic E-state index is 0.403. The summed E-state index contributed by atoms with van der Waals surface area (Å²) in [6.45, 7) is 4.42. The summed E-state index contributed by atoms with van der Waals surface area (Å²) in [7, 11) is 0. The summed E-state index contributed by atoms with van der Waals surface area (Å²) < 4.78 is 0. The second kappa shape index (κ2) is 5.12. The van der Waals surface area contributed by atoms with E-state index in [0.717, 1.165) is 18.1 Å². The Labute approximate surface area is 62.4 Å². The lowest BCUT2D eigenvalue weighted by molar-refractivity contribution is 0.524. The fourth-order valence-corrected chi connectivity index (χ4v) is 1.45.